The van der Waals surface area contributed by atoms with E-state index in [1.807, 2.05) is 17.0 Å². The van der Waals surface area contributed by atoms with Crippen LogP contribution in [-0.4, -0.2) is 43.0 Å². The Morgan fingerprint density at radius 1 is 1.28 bits per heavy atom. The van der Waals surface area contributed by atoms with Crippen LogP contribution < -0.4 is 4.90 Å². The van der Waals surface area contributed by atoms with Gasteiger partial charge in [-0.05, 0) is 58.1 Å². The van der Waals surface area contributed by atoms with Gasteiger partial charge in [-0.1, -0.05) is 40.1 Å². The number of anilines is 1. The number of fused-ring (bicyclic) bond motifs is 1. The van der Waals surface area contributed by atoms with Gasteiger partial charge in [-0.15, -0.1) is 12.4 Å². The molecule has 7 heteroatoms. The van der Waals surface area contributed by atoms with Crippen molar-refractivity contribution >= 4 is 60.9 Å². The van der Waals surface area contributed by atoms with E-state index in [1.54, 1.807) is 11.3 Å². The van der Waals surface area contributed by atoms with Gasteiger partial charge in [-0.3, -0.25) is 9.69 Å². The zero-order valence-electron chi connectivity index (χ0n) is 14.7. The number of hydrogen-bond donors (Lipinski definition) is 0. The number of carbonyl (C=O) groups excluding carboxylic acids is 1. The summed E-state index contributed by atoms with van der Waals surface area (Å²) < 4.78 is 2.17. The maximum Gasteiger partial charge on any atom is 0.231 e. The molecule has 25 heavy (non-hydrogen) atoms. The first-order valence-electron chi connectivity index (χ1n) is 8.57. The molecular formula is C18H25BrClN3OS. The number of carbonyl (C=O) groups is 1. The first kappa shape index (κ1) is 20.6. The third kappa shape index (κ3) is 5.16. The van der Waals surface area contributed by atoms with Crippen molar-refractivity contribution in [3.8, 4) is 0 Å². The average Bonchev–Trinajstić information content (AvgIpc) is 3.19. The number of nitrogens with zero attached hydrogens (tertiary/aromatic N) is 3. The summed E-state index contributed by atoms with van der Waals surface area (Å²) in [7, 11) is 4.14. The molecule has 1 saturated carbocycles. The highest BCUT2D eigenvalue weighted by Crippen LogP contribution is 2.34. The van der Waals surface area contributed by atoms with Crippen molar-refractivity contribution in [2.75, 3.05) is 32.1 Å². The standard InChI is InChI=1S/C18H24BrN3OS.ClH/c1-21(2)10-5-11-22(17(23)13-6-3-4-7-13)18-20-15-9-8-14(19)12-16(15)24-18;/h8-9,12-13H,3-7,10-11H2,1-2H3;1H. The Labute approximate surface area is 168 Å². The molecule has 0 unspecified atom stereocenters. The minimum atomic E-state index is 0. The van der Waals surface area contributed by atoms with Crippen LogP contribution >= 0.6 is 39.7 Å². The lowest BCUT2D eigenvalue weighted by atomic mass is 10.1. The Morgan fingerprint density at radius 3 is 2.68 bits per heavy atom. The minimum Gasteiger partial charge on any atom is -0.309 e. The molecule has 0 N–H and O–H groups in total. The molecule has 0 bridgehead atoms. The normalized spacial score (nSPS) is 14.9. The Kier molecular flexibility index (Phi) is 7.68. The molecule has 0 saturated heterocycles. The van der Waals surface area contributed by atoms with Crippen LogP contribution in [0.2, 0.25) is 0 Å². The molecule has 3 rings (SSSR count). The second kappa shape index (κ2) is 9.31. The van der Waals surface area contributed by atoms with E-state index in [4.69, 9.17) is 4.98 Å². The zero-order chi connectivity index (χ0) is 17.1. The number of benzene rings is 1. The first-order chi connectivity index (χ1) is 11.5. The molecule has 1 aliphatic rings. The summed E-state index contributed by atoms with van der Waals surface area (Å²) in [5, 5.41) is 0.846. The number of thiazole rings is 1. The third-order valence-corrected chi connectivity index (χ3v) is 6.06. The van der Waals surface area contributed by atoms with Crippen LogP contribution in [0.15, 0.2) is 22.7 Å². The summed E-state index contributed by atoms with van der Waals surface area (Å²) >= 11 is 5.13. The molecule has 0 spiro atoms. The third-order valence-electron chi connectivity index (χ3n) is 4.53. The van der Waals surface area contributed by atoms with Crippen molar-refractivity contribution in [1.82, 2.24) is 9.88 Å². The molecule has 1 aromatic heterocycles. The maximum absolute atomic E-state index is 13.0. The first-order valence-corrected chi connectivity index (χ1v) is 10.2. The molecule has 4 nitrogen and oxygen atoms in total. The van der Waals surface area contributed by atoms with E-state index >= 15 is 0 Å². The van der Waals surface area contributed by atoms with E-state index in [0.29, 0.717) is 0 Å². The van der Waals surface area contributed by atoms with Gasteiger partial charge in [0.25, 0.3) is 0 Å². The highest BCUT2D eigenvalue weighted by atomic mass is 79.9. The summed E-state index contributed by atoms with van der Waals surface area (Å²) in [5.41, 5.74) is 0.968. The fraction of sp³-hybridized carbons (Fsp3) is 0.556. The van der Waals surface area contributed by atoms with Gasteiger partial charge in [-0.2, -0.15) is 0 Å². The largest absolute Gasteiger partial charge is 0.309 e. The fourth-order valence-corrected chi connectivity index (χ4v) is 4.79. The van der Waals surface area contributed by atoms with Gasteiger partial charge in [0, 0.05) is 16.9 Å². The number of halogens is 2. The number of aromatic nitrogens is 1. The highest BCUT2D eigenvalue weighted by Gasteiger charge is 2.29. The van der Waals surface area contributed by atoms with Crippen molar-refractivity contribution in [1.29, 1.82) is 0 Å². The molecule has 0 aliphatic heterocycles. The van der Waals surface area contributed by atoms with Crippen LogP contribution in [0, 0.1) is 5.92 Å². The molecule has 0 radical (unpaired) electrons. The van der Waals surface area contributed by atoms with Gasteiger partial charge >= 0.3 is 0 Å². The molecule has 138 valence electrons. The summed E-state index contributed by atoms with van der Waals surface area (Å²) in [6.07, 6.45) is 5.37. The Hall–Kier alpha value is -0.690. The molecule has 1 aliphatic carbocycles. The van der Waals surface area contributed by atoms with Crippen molar-refractivity contribution < 1.29 is 4.79 Å². The lowest BCUT2D eigenvalue weighted by Crippen LogP contribution is -2.37. The smallest absolute Gasteiger partial charge is 0.231 e. The summed E-state index contributed by atoms with van der Waals surface area (Å²) in [6.45, 7) is 1.72. The van der Waals surface area contributed by atoms with Crippen molar-refractivity contribution in [2.45, 2.75) is 32.1 Å². The van der Waals surface area contributed by atoms with Crippen LogP contribution in [-0.2, 0) is 4.79 Å². The summed E-state index contributed by atoms with van der Waals surface area (Å²) in [5.74, 6) is 0.451. The quantitative estimate of drug-likeness (QED) is 0.629. The molecule has 1 amide bonds. The molecule has 1 heterocycles. The van der Waals surface area contributed by atoms with Crippen LogP contribution in [0.4, 0.5) is 5.13 Å². The van der Waals surface area contributed by atoms with Crippen molar-refractivity contribution in [2.24, 2.45) is 5.92 Å². The van der Waals surface area contributed by atoms with Crippen molar-refractivity contribution in [3.05, 3.63) is 22.7 Å². The van der Waals surface area contributed by atoms with E-state index in [2.05, 4.69) is 41.0 Å². The fourth-order valence-electron chi connectivity index (χ4n) is 3.24. The van der Waals surface area contributed by atoms with Crippen LogP contribution in [0.1, 0.15) is 32.1 Å². The van der Waals surface area contributed by atoms with Crippen LogP contribution in [0.25, 0.3) is 10.2 Å². The van der Waals surface area contributed by atoms with Gasteiger partial charge < -0.3 is 4.90 Å². The summed E-state index contributed by atoms with van der Waals surface area (Å²) in [6, 6.07) is 6.09. The van der Waals surface area contributed by atoms with Crippen LogP contribution in [0.5, 0.6) is 0 Å². The Morgan fingerprint density at radius 2 is 2.00 bits per heavy atom. The number of amides is 1. The van der Waals surface area contributed by atoms with Gasteiger partial charge in [0.05, 0.1) is 10.2 Å². The second-order valence-corrected chi connectivity index (χ2v) is 8.66. The summed E-state index contributed by atoms with van der Waals surface area (Å²) in [4.78, 5) is 21.9. The molecule has 1 aromatic carbocycles. The highest BCUT2D eigenvalue weighted by molar-refractivity contribution is 9.10. The van der Waals surface area contributed by atoms with Gasteiger partial charge in [0.15, 0.2) is 5.13 Å². The predicted octanol–water partition coefficient (Wildman–Crippen LogP) is 4.96. The second-order valence-electron chi connectivity index (χ2n) is 6.74. The van der Waals surface area contributed by atoms with Crippen LogP contribution in [0.3, 0.4) is 0 Å². The van der Waals surface area contributed by atoms with Crippen molar-refractivity contribution in [3.63, 3.8) is 0 Å². The SMILES string of the molecule is CN(C)CCCN(C(=O)C1CCCC1)c1nc2ccc(Br)cc2s1.Cl. The zero-order valence-corrected chi connectivity index (χ0v) is 17.9. The molecule has 0 atom stereocenters. The van der Waals surface area contributed by atoms with Gasteiger partial charge in [-0.25, -0.2) is 4.98 Å². The predicted molar refractivity (Wildman–Crippen MR) is 112 cm³/mol. The molecular weight excluding hydrogens is 422 g/mol. The lowest BCUT2D eigenvalue weighted by molar-refractivity contribution is -0.122. The molecule has 2 aromatic rings. The number of hydrogen-bond acceptors (Lipinski definition) is 4. The van der Waals surface area contributed by atoms with E-state index in [-0.39, 0.29) is 24.2 Å². The molecule has 1 fully saturated rings. The minimum absolute atomic E-state index is 0. The monoisotopic (exact) mass is 445 g/mol. The average molecular weight is 447 g/mol. The topological polar surface area (TPSA) is 36.4 Å². The lowest BCUT2D eigenvalue weighted by Gasteiger charge is -2.23. The van der Waals surface area contributed by atoms with E-state index in [9.17, 15) is 4.79 Å². The Bertz CT molecular complexity index is 715. The van der Waals surface area contributed by atoms with E-state index in [1.165, 1.54) is 12.8 Å². The Balaban J connectivity index is 0.00000225. The van der Waals surface area contributed by atoms with Gasteiger partial charge in [0.1, 0.15) is 0 Å². The van der Waals surface area contributed by atoms with Gasteiger partial charge in [0.2, 0.25) is 5.91 Å². The number of rotatable bonds is 6. The van der Waals surface area contributed by atoms with E-state index in [0.717, 1.165) is 52.2 Å². The van der Waals surface area contributed by atoms with E-state index < -0.39 is 0 Å². The maximum atomic E-state index is 13.0.